The maximum atomic E-state index is 12.8. The van der Waals surface area contributed by atoms with Crippen molar-refractivity contribution in [2.45, 2.75) is 23.1 Å². The van der Waals surface area contributed by atoms with Gasteiger partial charge >= 0.3 is 0 Å². The van der Waals surface area contributed by atoms with Gasteiger partial charge in [-0.2, -0.15) is 5.10 Å². The largest absolute Gasteiger partial charge is 0.309 e. The van der Waals surface area contributed by atoms with Crippen molar-refractivity contribution in [3.05, 3.63) is 30.2 Å². The molecule has 1 aliphatic heterocycles. The minimum Gasteiger partial charge on any atom is -0.309 e. The van der Waals surface area contributed by atoms with E-state index in [9.17, 15) is 4.79 Å². The molecule has 0 saturated carbocycles. The van der Waals surface area contributed by atoms with Gasteiger partial charge in [0, 0.05) is 19.8 Å². The Morgan fingerprint density at radius 1 is 1.39 bits per heavy atom. The fraction of sp³-hybridized carbons (Fsp3) is 0.333. The van der Waals surface area contributed by atoms with Crippen molar-refractivity contribution < 1.29 is 4.79 Å². The average molecular weight is 345 g/mol. The third kappa shape index (κ3) is 2.72. The van der Waals surface area contributed by atoms with Crippen LogP contribution in [0.5, 0.6) is 0 Å². The molecule has 3 aromatic heterocycles. The summed E-state index contributed by atoms with van der Waals surface area (Å²) in [5.41, 5.74) is 1.81. The molecule has 0 spiro atoms. The van der Waals surface area contributed by atoms with Crippen LogP contribution in [0, 0.1) is 0 Å². The van der Waals surface area contributed by atoms with E-state index in [4.69, 9.17) is 0 Å². The Kier molecular flexibility index (Phi) is 3.78. The van der Waals surface area contributed by atoms with Crippen LogP contribution in [0.4, 0.5) is 5.69 Å². The summed E-state index contributed by atoms with van der Waals surface area (Å²) in [4.78, 5) is 23.3. The molecule has 6 nitrogen and oxygen atoms in total. The first-order chi connectivity index (χ1) is 11.2. The van der Waals surface area contributed by atoms with Crippen LogP contribution >= 0.6 is 23.1 Å². The van der Waals surface area contributed by atoms with Gasteiger partial charge < -0.3 is 4.90 Å². The van der Waals surface area contributed by atoms with E-state index in [1.165, 1.54) is 0 Å². The van der Waals surface area contributed by atoms with E-state index in [2.05, 4.69) is 15.1 Å². The van der Waals surface area contributed by atoms with E-state index in [0.29, 0.717) is 0 Å². The normalized spacial score (nSPS) is 18.7. The molecule has 118 valence electrons. The van der Waals surface area contributed by atoms with Crippen LogP contribution in [-0.2, 0) is 11.8 Å². The number of thioether (sulfide) groups is 1. The SMILES string of the molecule is Cn1cc(N2CCCC(Sc3ncnc4ccsc34)C2=O)cn1. The van der Waals surface area contributed by atoms with E-state index in [1.807, 2.05) is 29.6 Å². The number of piperidine rings is 1. The Morgan fingerprint density at radius 2 is 2.30 bits per heavy atom. The number of anilines is 1. The van der Waals surface area contributed by atoms with E-state index < -0.39 is 0 Å². The minimum atomic E-state index is -0.107. The van der Waals surface area contributed by atoms with Crippen molar-refractivity contribution in [1.29, 1.82) is 0 Å². The standard InChI is InChI=1S/C15H15N5OS2/c1-19-8-10(7-18-19)20-5-2-3-12(15(20)21)23-14-13-11(4-6-22-13)16-9-17-14/h4,6-9,12H,2-3,5H2,1H3. The number of aryl methyl sites for hydroxylation is 1. The monoisotopic (exact) mass is 345 g/mol. The van der Waals surface area contributed by atoms with Crippen LogP contribution in [0.2, 0.25) is 0 Å². The summed E-state index contributed by atoms with van der Waals surface area (Å²) >= 11 is 3.17. The van der Waals surface area contributed by atoms with Crippen LogP contribution < -0.4 is 4.90 Å². The smallest absolute Gasteiger partial charge is 0.240 e. The van der Waals surface area contributed by atoms with Gasteiger partial charge in [0.05, 0.1) is 27.4 Å². The quantitative estimate of drug-likeness (QED) is 0.683. The van der Waals surface area contributed by atoms with Crippen molar-refractivity contribution in [3.63, 3.8) is 0 Å². The lowest BCUT2D eigenvalue weighted by Gasteiger charge is -2.30. The molecule has 4 heterocycles. The molecule has 23 heavy (non-hydrogen) atoms. The lowest BCUT2D eigenvalue weighted by atomic mass is 10.1. The highest BCUT2D eigenvalue weighted by Crippen LogP contribution is 2.35. The predicted molar refractivity (Wildman–Crippen MR) is 91.9 cm³/mol. The van der Waals surface area contributed by atoms with E-state index in [0.717, 1.165) is 40.3 Å². The van der Waals surface area contributed by atoms with Crippen LogP contribution in [0.25, 0.3) is 10.2 Å². The number of fused-ring (bicyclic) bond motifs is 1. The van der Waals surface area contributed by atoms with Crippen LogP contribution in [0.15, 0.2) is 35.2 Å². The maximum Gasteiger partial charge on any atom is 0.240 e. The van der Waals surface area contributed by atoms with Crippen molar-refractivity contribution in [3.8, 4) is 0 Å². The van der Waals surface area contributed by atoms with Gasteiger partial charge in [0.1, 0.15) is 11.4 Å². The first kappa shape index (κ1) is 14.6. The molecule has 4 rings (SSSR count). The topological polar surface area (TPSA) is 63.9 Å². The molecule has 8 heteroatoms. The minimum absolute atomic E-state index is 0.107. The summed E-state index contributed by atoms with van der Waals surface area (Å²) in [6.07, 6.45) is 7.05. The highest BCUT2D eigenvalue weighted by atomic mass is 32.2. The molecule has 1 unspecified atom stereocenters. The molecular weight excluding hydrogens is 330 g/mol. The molecular formula is C15H15N5OS2. The third-order valence-corrected chi connectivity index (χ3v) is 6.15. The number of hydrogen-bond acceptors (Lipinski definition) is 6. The Balaban J connectivity index is 1.59. The number of aromatic nitrogens is 4. The molecule has 0 N–H and O–H groups in total. The van der Waals surface area contributed by atoms with Gasteiger partial charge in [-0.25, -0.2) is 9.97 Å². The zero-order chi connectivity index (χ0) is 15.8. The predicted octanol–water partition coefficient (Wildman–Crippen LogP) is 2.71. The Labute approximate surface area is 141 Å². The second-order valence-corrected chi connectivity index (χ2v) is 7.53. The van der Waals surface area contributed by atoms with E-state index >= 15 is 0 Å². The first-order valence-electron chi connectivity index (χ1n) is 7.37. The number of carbonyl (C=O) groups is 1. The molecule has 3 aromatic rings. The molecule has 1 fully saturated rings. The van der Waals surface area contributed by atoms with Crippen molar-refractivity contribution in [1.82, 2.24) is 19.7 Å². The Morgan fingerprint density at radius 3 is 3.13 bits per heavy atom. The van der Waals surface area contributed by atoms with Gasteiger partial charge in [-0.15, -0.1) is 11.3 Å². The van der Waals surface area contributed by atoms with Gasteiger partial charge in [-0.3, -0.25) is 9.48 Å². The molecule has 0 radical (unpaired) electrons. The second kappa shape index (κ2) is 5.93. The van der Waals surface area contributed by atoms with E-state index in [1.54, 1.807) is 40.3 Å². The van der Waals surface area contributed by atoms with Crippen LogP contribution in [-0.4, -0.2) is 37.5 Å². The zero-order valence-electron chi connectivity index (χ0n) is 12.5. The molecule has 0 aromatic carbocycles. The van der Waals surface area contributed by atoms with Gasteiger partial charge in [0.2, 0.25) is 5.91 Å². The van der Waals surface area contributed by atoms with E-state index in [-0.39, 0.29) is 11.2 Å². The number of amides is 1. The fourth-order valence-corrected chi connectivity index (χ4v) is 4.86. The van der Waals surface area contributed by atoms with Crippen LogP contribution in [0.3, 0.4) is 0 Å². The van der Waals surface area contributed by atoms with Gasteiger partial charge in [0.25, 0.3) is 0 Å². The lowest BCUT2D eigenvalue weighted by Crippen LogP contribution is -2.42. The molecule has 0 aliphatic carbocycles. The number of nitrogens with zero attached hydrogens (tertiary/aromatic N) is 5. The van der Waals surface area contributed by atoms with Gasteiger partial charge in [0.15, 0.2) is 0 Å². The Hall–Kier alpha value is -1.93. The summed E-state index contributed by atoms with van der Waals surface area (Å²) in [5, 5.41) is 6.97. The number of hydrogen-bond donors (Lipinski definition) is 0. The first-order valence-corrected chi connectivity index (χ1v) is 9.13. The Bertz CT molecular complexity index is 858. The summed E-state index contributed by atoms with van der Waals surface area (Å²) in [7, 11) is 1.86. The van der Waals surface area contributed by atoms with Crippen molar-refractivity contribution >= 4 is 44.9 Å². The number of carbonyl (C=O) groups excluding carboxylic acids is 1. The number of rotatable bonds is 3. The molecule has 1 aliphatic rings. The summed E-state index contributed by atoms with van der Waals surface area (Å²) in [5.74, 6) is 0.137. The fourth-order valence-electron chi connectivity index (χ4n) is 2.74. The second-order valence-electron chi connectivity index (χ2n) is 5.42. The van der Waals surface area contributed by atoms with Gasteiger partial charge in [-0.05, 0) is 24.3 Å². The molecule has 1 saturated heterocycles. The van der Waals surface area contributed by atoms with Crippen molar-refractivity contribution in [2.75, 3.05) is 11.4 Å². The average Bonchev–Trinajstić information content (AvgIpc) is 3.18. The van der Waals surface area contributed by atoms with Crippen LogP contribution in [0.1, 0.15) is 12.8 Å². The highest BCUT2D eigenvalue weighted by Gasteiger charge is 2.31. The third-order valence-electron chi connectivity index (χ3n) is 3.86. The molecule has 0 bridgehead atoms. The molecule has 1 atom stereocenters. The zero-order valence-corrected chi connectivity index (χ0v) is 14.2. The highest BCUT2D eigenvalue weighted by molar-refractivity contribution is 8.00. The van der Waals surface area contributed by atoms with Crippen molar-refractivity contribution in [2.24, 2.45) is 7.05 Å². The number of thiophene rings is 1. The lowest BCUT2D eigenvalue weighted by molar-refractivity contribution is -0.119. The summed E-state index contributed by atoms with van der Waals surface area (Å²) in [6, 6.07) is 1.98. The maximum absolute atomic E-state index is 12.8. The molecule has 1 amide bonds. The van der Waals surface area contributed by atoms with Gasteiger partial charge in [-0.1, -0.05) is 11.8 Å². The summed E-state index contributed by atoms with van der Waals surface area (Å²) in [6.45, 7) is 0.750. The summed E-state index contributed by atoms with van der Waals surface area (Å²) < 4.78 is 2.78.